The summed E-state index contributed by atoms with van der Waals surface area (Å²) in [6.45, 7) is -0.170. The first kappa shape index (κ1) is 18.2. The van der Waals surface area contributed by atoms with E-state index in [4.69, 9.17) is 23.4 Å². The number of aromatic nitrogens is 2. The molecule has 0 aliphatic heterocycles. The Morgan fingerprint density at radius 2 is 1.59 bits per heavy atom. The fraction of sp³-hybridized carbons (Fsp3) is 0.211. The van der Waals surface area contributed by atoms with Gasteiger partial charge in [0.25, 0.3) is 5.89 Å². The normalized spacial score (nSPS) is 10.3. The molecule has 0 radical (unpaired) electrons. The molecule has 1 aromatic heterocycles. The summed E-state index contributed by atoms with van der Waals surface area (Å²) in [6.07, 6.45) is 0. The van der Waals surface area contributed by atoms with Crippen LogP contribution in [-0.4, -0.2) is 37.5 Å². The smallest absolute Gasteiger partial charge is 0.342 e. The average Bonchev–Trinajstić information content (AvgIpc) is 3.20. The lowest BCUT2D eigenvalue weighted by molar-refractivity contribution is 0.0434. The second kappa shape index (κ2) is 8.22. The van der Waals surface area contributed by atoms with Gasteiger partial charge in [0.2, 0.25) is 5.89 Å². The Bertz CT molecular complexity index is 923. The molecule has 0 bridgehead atoms. The zero-order chi connectivity index (χ0) is 19.2. The molecule has 0 unspecified atom stereocenters. The van der Waals surface area contributed by atoms with Gasteiger partial charge in [0, 0.05) is 17.7 Å². The number of methoxy groups -OCH3 is 3. The summed E-state index contributed by atoms with van der Waals surface area (Å²) in [5.41, 5.74) is 0.974. The minimum absolute atomic E-state index is 0.170. The molecule has 0 aliphatic carbocycles. The van der Waals surface area contributed by atoms with E-state index in [1.54, 1.807) is 6.07 Å². The van der Waals surface area contributed by atoms with Crippen LogP contribution in [0.5, 0.6) is 17.2 Å². The van der Waals surface area contributed by atoms with Crippen LogP contribution >= 0.6 is 0 Å². The molecule has 0 saturated heterocycles. The van der Waals surface area contributed by atoms with Crippen molar-refractivity contribution in [1.82, 2.24) is 10.2 Å². The molecule has 8 nitrogen and oxygen atoms in total. The van der Waals surface area contributed by atoms with E-state index in [2.05, 4.69) is 10.2 Å². The largest absolute Gasteiger partial charge is 0.496 e. The fourth-order valence-corrected chi connectivity index (χ4v) is 2.40. The molecule has 2 aromatic carbocycles. The summed E-state index contributed by atoms with van der Waals surface area (Å²) >= 11 is 0. The lowest BCUT2D eigenvalue weighted by atomic mass is 10.1. The number of rotatable bonds is 7. The van der Waals surface area contributed by atoms with Crippen molar-refractivity contribution in [3.63, 3.8) is 0 Å². The summed E-state index contributed by atoms with van der Waals surface area (Å²) in [7, 11) is 4.42. The van der Waals surface area contributed by atoms with Crippen molar-refractivity contribution in [2.45, 2.75) is 6.61 Å². The molecule has 0 N–H and O–H groups in total. The minimum Gasteiger partial charge on any atom is -0.496 e. The maximum Gasteiger partial charge on any atom is 0.342 e. The molecule has 3 aromatic rings. The first-order valence-electron chi connectivity index (χ1n) is 8.01. The Kier molecular flexibility index (Phi) is 5.55. The predicted octanol–water partition coefficient (Wildman–Crippen LogP) is 3.12. The second-order valence-electron chi connectivity index (χ2n) is 5.35. The monoisotopic (exact) mass is 370 g/mol. The van der Waals surface area contributed by atoms with Gasteiger partial charge in [0.05, 0.1) is 21.3 Å². The Hall–Kier alpha value is -3.55. The number of nitrogens with zero attached hydrogens (tertiary/aromatic N) is 2. The lowest BCUT2D eigenvalue weighted by Gasteiger charge is -2.13. The van der Waals surface area contributed by atoms with Gasteiger partial charge in [-0.3, -0.25) is 0 Å². The van der Waals surface area contributed by atoms with E-state index in [0.717, 1.165) is 5.56 Å². The number of carbonyl (C=O) groups is 1. The summed E-state index contributed by atoms with van der Waals surface area (Å²) in [5, 5.41) is 7.84. The minimum atomic E-state index is -0.618. The van der Waals surface area contributed by atoms with Gasteiger partial charge in [-0.2, -0.15) is 0 Å². The number of benzene rings is 2. The van der Waals surface area contributed by atoms with Crippen molar-refractivity contribution >= 4 is 5.97 Å². The first-order valence-corrected chi connectivity index (χ1v) is 8.01. The molecule has 1 heterocycles. The third-order valence-corrected chi connectivity index (χ3v) is 3.74. The van der Waals surface area contributed by atoms with E-state index in [9.17, 15) is 4.79 Å². The highest BCUT2D eigenvalue weighted by Gasteiger charge is 2.20. The average molecular weight is 370 g/mol. The van der Waals surface area contributed by atoms with Crippen LogP contribution in [0.4, 0.5) is 0 Å². The number of hydrogen-bond acceptors (Lipinski definition) is 8. The summed E-state index contributed by atoms with van der Waals surface area (Å²) in [6, 6.07) is 12.3. The van der Waals surface area contributed by atoms with Gasteiger partial charge in [-0.25, -0.2) is 4.79 Å². The highest BCUT2D eigenvalue weighted by molar-refractivity contribution is 5.93. The molecule has 140 valence electrons. The van der Waals surface area contributed by atoms with Gasteiger partial charge in [-0.05, 0) is 12.1 Å². The predicted molar refractivity (Wildman–Crippen MR) is 95.0 cm³/mol. The zero-order valence-corrected chi connectivity index (χ0v) is 15.1. The SMILES string of the molecule is COc1cc(OC)c(C(=O)OCc2nnc(-c3ccccc3)o2)cc1OC. The van der Waals surface area contributed by atoms with E-state index < -0.39 is 5.97 Å². The van der Waals surface area contributed by atoms with Gasteiger partial charge in [0.1, 0.15) is 11.3 Å². The molecule has 3 rings (SSSR count). The number of carbonyl (C=O) groups excluding carboxylic acids is 1. The Labute approximate surface area is 155 Å². The number of hydrogen-bond donors (Lipinski definition) is 0. The third kappa shape index (κ3) is 4.00. The van der Waals surface area contributed by atoms with E-state index in [1.807, 2.05) is 30.3 Å². The van der Waals surface area contributed by atoms with E-state index in [0.29, 0.717) is 23.1 Å². The molecule has 0 spiro atoms. The van der Waals surface area contributed by atoms with Crippen LogP contribution in [0.3, 0.4) is 0 Å². The Balaban J connectivity index is 1.74. The van der Waals surface area contributed by atoms with Crippen molar-refractivity contribution in [3.8, 4) is 28.7 Å². The number of esters is 1. The zero-order valence-electron chi connectivity index (χ0n) is 15.1. The Morgan fingerprint density at radius 3 is 2.26 bits per heavy atom. The van der Waals surface area contributed by atoms with E-state index in [1.165, 1.54) is 27.4 Å². The van der Waals surface area contributed by atoms with Gasteiger partial charge in [-0.1, -0.05) is 18.2 Å². The quantitative estimate of drug-likeness (QED) is 0.586. The lowest BCUT2D eigenvalue weighted by Crippen LogP contribution is -2.08. The molecule has 8 heteroatoms. The molecule has 0 saturated carbocycles. The highest BCUT2D eigenvalue weighted by Crippen LogP contribution is 2.35. The van der Waals surface area contributed by atoms with Crippen molar-refractivity contribution in [2.75, 3.05) is 21.3 Å². The second-order valence-corrected chi connectivity index (χ2v) is 5.35. The third-order valence-electron chi connectivity index (χ3n) is 3.74. The molecule has 0 atom stereocenters. The maximum atomic E-state index is 12.5. The van der Waals surface area contributed by atoms with Gasteiger partial charge >= 0.3 is 5.97 Å². The van der Waals surface area contributed by atoms with Gasteiger partial charge < -0.3 is 23.4 Å². The summed E-state index contributed by atoms with van der Waals surface area (Å²) in [5.74, 6) is 1.04. The molecular weight excluding hydrogens is 352 g/mol. The van der Waals surface area contributed by atoms with Gasteiger partial charge in [-0.15, -0.1) is 10.2 Å². The number of ether oxygens (including phenoxy) is 4. The van der Waals surface area contributed by atoms with Crippen LogP contribution in [0.15, 0.2) is 46.9 Å². The first-order chi connectivity index (χ1) is 13.2. The van der Waals surface area contributed by atoms with E-state index in [-0.39, 0.29) is 18.1 Å². The summed E-state index contributed by atoms with van der Waals surface area (Å²) < 4.78 is 26.4. The van der Waals surface area contributed by atoms with Crippen molar-refractivity contribution in [1.29, 1.82) is 0 Å². The van der Waals surface area contributed by atoms with Crippen molar-refractivity contribution < 1.29 is 28.2 Å². The molecule has 27 heavy (non-hydrogen) atoms. The van der Waals surface area contributed by atoms with E-state index >= 15 is 0 Å². The van der Waals surface area contributed by atoms with Gasteiger partial charge in [0.15, 0.2) is 18.1 Å². The van der Waals surface area contributed by atoms with Crippen LogP contribution in [0, 0.1) is 0 Å². The van der Waals surface area contributed by atoms with Crippen LogP contribution in [0.1, 0.15) is 16.2 Å². The van der Waals surface area contributed by atoms with Crippen LogP contribution < -0.4 is 14.2 Å². The molecular formula is C19H18N2O6. The van der Waals surface area contributed by atoms with Crippen LogP contribution in [0.2, 0.25) is 0 Å². The van der Waals surface area contributed by atoms with Crippen LogP contribution in [-0.2, 0) is 11.3 Å². The molecule has 0 aliphatic rings. The Morgan fingerprint density at radius 1 is 0.926 bits per heavy atom. The molecule has 0 fully saturated rings. The van der Waals surface area contributed by atoms with Crippen molar-refractivity contribution in [3.05, 3.63) is 53.9 Å². The maximum absolute atomic E-state index is 12.5. The summed E-state index contributed by atoms with van der Waals surface area (Å²) in [4.78, 5) is 12.5. The highest BCUT2D eigenvalue weighted by atomic mass is 16.5. The molecule has 0 amide bonds. The van der Waals surface area contributed by atoms with Crippen LogP contribution in [0.25, 0.3) is 11.5 Å². The standard InChI is InChI=1S/C19H18N2O6/c1-23-14-10-16(25-3)15(24-2)9-13(14)19(22)26-11-17-20-21-18(27-17)12-7-5-4-6-8-12/h4-10H,11H2,1-3H3. The van der Waals surface area contributed by atoms with Crippen molar-refractivity contribution in [2.24, 2.45) is 0 Å². The topological polar surface area (TPSA) is 92.9 Å². The fourth-order valence-electron chi connectivity index (χ4n) is 2.40.